The number of esters is 1. The zero-order valence-corrected chi connectivity index (χ0v) is 15.6. The molecule has 1 aromatic carbocycles. The second-order valence-corrected chi connectivity index (χ2v) is 7.32. The maximum Gasteiger partial charge on any atom is 0.310 e. The Labute approximate surface area is 153 Å². The van der Waals surface area contributed by atoms with Gasteiger partial charge in [0.15, 0.2) is 0 Å². The van der Waals surface area contributed by atoms with E-state index in [1.54, 1.807) is 0 Å². The van der Waals surface area contributed by atoms with Gasteiger partial charge in [-0.1, -0.05) is 30.7 Å². The highest BCUT2D eigenvalue weighted by molar-refractivity contribution is 6.24. The summed E-state index contributed by atoms with van der Waals surface area (Å²) in [6.07, 6.45) is 2.69. The van der Waals surface area contributed by atoms with E-state index < -0.39 is 5.54 Å². The smallest absolute Gasteiger partial charge is 0.310 e. The van der Waals surface area contributed by atoms with Crippen molar-refractivity contribution in [1.29, 1.82) is 0 Å². The van der Waals surface area contributed by atoms with Crippen molar-refractivity contribution in [3.8, 4) is 0 Å². The summed E-state index contributed by atoms with van der Waals surface area (Å²) in [5, 5.41) is 3.04. The summed E-state index contributed by atoms with van der Waals surface area (Å²) in [4.78, 5) is 36.9. The molecule has 1 fully saturated rings. The lowest BCUT2D eigenvalue weighted by Crippen LogP contribution is -2.48. The van der Waals surface area contributed by atoms with Crippen LogP contribution < -0.4 is 5.32 Å². The Balaban J connectivity index is 2.13. The Bertz CT molecular complexity index is 796. The van der Waals surface area contributed by atoms with Crippen LogP contribution in [0.15, 0.2) is 24.0 Å². The molecule has 1 N–H and O–H groups in total. The number of nitrogens with one attached hydrogen (secondary N) is 1. The van der Waals surface area contributed by atoms with Crippen LogP contribution >= 0.6 is 0 Å². The zero-order valence-electron chi connectivity index (χ0n) is 15.6. The minimum atomic E-state index is -0.750. The van der Waals surface area contributed by atoms with E-state index in [-0.39, 0.29) is 17.7 Å². The van der Waals surface area contributed by atoms with E-state index in [1.165, 1.54) is 0 Å². The molecule has 5 nitrogen and oxygen atoms in total. The minimum Gasteiger partial charge on any atom is -0.428 e. The number of Topliss-reactive ketones (excluding diaryl/α,β-unsaturated/α-hetero) is 1. The fourth-order valence-corrected chi connectivity index (χ4v) is 3.75. The fraction of sp³-hybridized carbons (Fsp3) is 0.476. The van der Waals surface area contributed by atoms with Crippen LogP contribution in [0, 0.1) is 13.8 Å². The molecule has 0 atom stereocenters. The van der Waals surface area contributed by atoms with Gasteiger partial charge in [0, 0.05) is 19.3 Å². The highest BCUT2D eigenvalue weighted by Crippen LogP contribution is 2.43. The third-order valence-electron chi connectivity index (χ3n) is 5.24. The Kier molecular flexibility index (Phi) is 4.99. The van der Waals surface area contributed by atoms with Crippen molar-refractivity contribution in [3.63, 3.8) is 0 Å². The molecule has 1 aliphatic carbocycles. The molecule has 1 saturated carbocycles. The molecular formula is C21H25NO4. The molecular weight excluding hydrogens is 330 g/mol. The standard InChI is InChI=1S/C21H25NO4/c1-4-5-17(24)26-19-18(16-12-13(2)6-7-14(16)3)20(25)22-21(19)10-8-15(23)9-11-21/h6-7,12H,4-5,8-11H2,1-3H3,(H,22,25). The van der Waals surface area contributed by atoms with E-state index in [1.807, 2.05) is 39.0 Å². The normalized spacial score (nSPS) is 19.0. The molecule has 138 valence electrons. The van der Waals surface area contributed by atoms with Gasteiger partial charge in [0.2, 0.25) is 0 Å². The lowest BCUT2D eigenvalue weighted by molar-refractivity contribution is -0.141. The third kappa shape index (κ3) is 3.30. The Morgan fingerprint density at radius 3 is 2.54 bits per heavy atom. The zero-order chi connectivity index (χ0) is 18.9. The van der Waals surface area contributed by atoms with E-state index >= 15 is 0 Å². The number of aryl methyl sites for hydroxylation is 2. The average molecular weight is 355 g/mol. The number of hydrogen-bond acceptors (Lipinski definition) is 4. The number of ketones is 1. The van der Waals surface area contributed by atoms with Crippen LogP contribution in [-0.4, -0.2) is 23.2 Å². The first kappa shape index (κ1) is 18.4. The molecule has 1 aromatic rings. The SMILES string of the molecule is CCCC(=O)OC1=C(c2cc(C)ccc2C)C(=O)NC12CCC(=O)CC2. The number of hydrogen-bond donors (Lipinski definition) is 1. The van der Waals surface area contributed by atoms with Gasteiger partial charge in [0.1, 0.15) is 17.1 Å². The average Bonchev–Trinajstić information content (AvgIpc) is 2.85. The van der Waals surface area contributed by atoms with E-state index in [9.17, 15) is 14.4 Å². The maximum atomic E-state index is 12.9. The first-order chi connectivity index (χ1) is 12.4. The number of carbonyl (C=O) groups excluding carboxylic acids is 3. The highest BCUT2D eigenvalue weighted by atomic mass is 16.5. The molecule has 26 heavy (non-hydrogen) atoms. The molecule has 0 bridgehead atoms. The predicted octanol–water partition coefficient (Wildman–Crippen LogP) is 3.37. The maximum absolute atomic E-state index is 12.9. The summed E-state index contributed by atoms with van der Waals surface area (Å²) in [7, 11) is 0. The predicted molar refractivity (Wildman–Crippen MR) is 98.2 cm³/mol. The lowest BCUT2D eigenvalue weighted by atomic mass is 9.79. The summed E-state index contributed by atoms with van der Waals surface area (Å²) in [6.45, 7) is 5.82. The molecule has 0 aromatic heterocycles. The molecule has 0 saturated heterocycles. The van der Waals surface area contributed by atoms with E-state index in [0.29, 0.717) is 49.9 Å². The molecule has 0 unspecified atom stereocenters. The van der Waals surface area contributed by atoms with Gasteiger partial charge in [-0.3, -0.25) is 14.4 Å². The van der Waals surface area contributed by atoms with Gasteiger partial charge in [-0.05, 0) is 44.2 Å². The van der Waals surface area contributed by atoms with Crippen molar-refractivity contribution >= 4 is 23.2 Å². The second kappa shape index (κ2) is 7.06. The van der Waals surface area contributed by atoms with Gasteiger partial charge in [-0.15, -0.1) is 0 Å². The Morgan fingerprint density at radius 1 is 1.19 bits per heavy atom. The summed E-state index contributed by atoms with van der Waals surface area (Å²) >= 11 is 0. The Hall–Kier alpha value is -2.43. The quantitative estimate of drug-likeness (QED) is 0.841. The van der Waals surface area contributed by atoms with Gasteiger partial charge in [0.25, 0.3) is 5.91 Å². The van der Waals surface area contributed by atoms with Gasteiger partial charge in [-0.25, -0.2) is 0 Å². The molecule has 1 heterocycles. The molecule has 1 amide bonds. The number of ether oxygens (including phenoxy) is 1. The first-order valence-corrected chi connectivity index (χ1v) is 9.23. The van der Waals surface area contributed by atoms with E-state index in [2.05, 4.69) is 5.32 Å². The first-order valence-electron chi connectivity index (χ1n) is 9.23. The van der Waals surface area contributed by atoms with Gasteiger partial charge >= 0.3 is 5.97 Å². The molecule has 1 spiro atoms. The van der Waals surface area contributed by atoms with Crippen LogP contribution in [0.25, 0.3) is 5.57 Å². The second-order valence-electron chi connectivity index (χ2n) is 7.32. The minimum absolute atomic E-state index is 0.185. The summed E-state index contributed by atoms with van der Waals surface area (Å²) in [6, 6.07) is 5.90. The topological polar surface area (TPSA) is 72.5 Å². The summed E-state index contributed by atoms with van der Waals surface area (Å²) < 4.78 is 5.76. The van der Waals surface area contributed by atoms with Crippen molar-refractivity contribution in [2.75, 3.05) is 0 Å². The van der Waals surface area contributed by atoms with Crippen molar-refractivity contribution in [1.82, 2.24) is 5.32 Å². The van der Waals surface area contributed by atoms with Crippen LogP contribution in [0.3, 0.4) is 0 Å². The molecule has 5 heteroatoms. The molecule has 1 aliphatic heterocycles. The largest absolute Gasteiger partial charge is 0.428 e. The number of rotatable bonds is 4. The van der Waals surface area contributed by atoms with Crippen LogP contribution in [-0.2, 0) is 19.1 Å². The number of amides is 1. The van der Waals surface area contributed by atoms with Gasteiger partial charge in [-0.2, -0.15) is 0 Å². The fourth-order valence-electron chi connectivity index (χ4n) is 3.75. The highest BCUT2D eigenvalue weighted by Gasteiger charge is 2.49. The summed E-state index contributed by atoms with van der Waals surface area (Å²) in [5.74, 6) is 0.0249. The third-order valence-corrected chi connectivity index (χ3v) is 5.24. The van der Waals surface area contributed by atoms with Crippen molar-refractivity contribution < 1.29 is 19.1 Å². The van der Waals surface area contributed by atoms with Gasteiger partial charge in [0.05, 0.1) is 5.57 Å². The molecule has 2 aliphatic rings. The monoisotopic (exact) mass is 355 g/mol. The van der Waals surface area contributed by atoms with Crippen LogP contribution in [0.5, 0.6) is 0 Å². The van der Waals surface area contributed by atoms with Crippen LogP contribution in [0.1, 0.15) is 62.1 Å². The van der Waals surface area contributed by atoms with Crippen molar-refractivity contribution in [3.05, 3.63) is 40.6 Å². The lowest BCUT2D eigenvalue weighted by Gasteiger charge is -2.34. The van der Waals surface area contributed by atoms with E-state index in [4.69, 9.17) is 4.74 Å². The van der Waals surface area contributed by atoms with Crippen LogP contribution in [0.2, 0.25) is 0 Å². The molecule has 0 radical (unpaired) electrons. The number of benzene rings is 1. The Morgan fingerprint density at radius 2 is 1.88 bits per heavy atom. The van der Waals surface area contributed by atoms with E-state index in [0.717, 1.165) is 16.7 Å². The van der Waals surface area contributed by atoms with Gasteiger partial charge < -0.3 is 10.1 Å². The molecule has 3 rings (SSSR count). The summed E-state index contributed by atoms with van der Waals surface area (Å²) in [5.41, 5.74) is 2.46. The van der Waals surface area contributed by atoms with Crippen LogP contribution in [0.4, 0.5) is 0 Å². The van der Waals surface area contributed by atoms with Crippen molar-refractivity contribution in [2.24, 2.45) is 0 Å². The van der Waals surface area contributed by atoms with Crippen molar-refractivity contribution in [2.45, 2.75) is 64.8 Å². The number of carbonyl (C=O) groups is 3.